The summed E-state index contributed by atoms with van der Waals surface area (Å²) in [6, 6.07) is 7.36. The zero-order chi connectivity index (χ0) is 13.8. The van der Waals surface area contributed by atoms with Crippen LogP contribution in [0.2, 0.25) is 0 Å². The summed E-state index contributed by atoms with van der Waals surface area (Å²) >= 11 is 0. The molecule has 1 aromatic carbocycles. The number of rotatable bonds is 6. The lowest BCUT2D eigenvalue weighted by atomic mass is 9.88. The molecule has 1 heterocycles. The molecule has 0 bridgehead atoms. The van der Waals surface area contributed by atoms with Crippen molar-refractivity contribution in [1.29, 1.82) is 0 Å². The number of benzene rings is 1. The van der Waals surface area contributed by atoms with Gasteiger partial charge in [0, 0.05) is 5.92 Å². The van der Waals surface area contributed by atoms with Gasteiger partial charge in [0.1, 0.15) is 5.75 Å². The Morgan fingerprint density at radius 2 is 2.00 bits per heavy atom. The smallest absolute Gasteiger partial charge is 0.310 e. The van der Waals surface area contributed by atoms with Crippen molar-refractivity contribution in [2.45, 2.75) is 32.3 Å². The van der Waals surface area contributed by atoms with Crippen LogP contribution in [0.1, 0.15) is 31.7 Å². The second-order valence-corrected chi connectivity index (χ2v) is 5.27. The fourth-order valence-corrected chi connectivity index (χ4v) is 2.18. The van der Waals surface area contributed by atoms with E-state index in [1.54, 1.807) is 0 Å². The highest BCUT2D eigenvalue weighted by Gasteiger charge is 2.28. The zero-order valence-corrected chi connectivity index (χ0v) is 11.3. The molecule has 1 saturated heterocycles. The molecule has 1 unspecified atom stereocenters. The molecule has 2 rings (SSSR count). The molecular weight excluding hydrogens is 244 g/mol. The minimum absolute atomic E-state index is 0.119. The number of aliphatic carboxylic acids is 1. The van der Waals surface area contributed by atoms with E-state index in [1.807, 2.05) is 38.1 Å². The van der Waals surface area contributed by atoms with E-state index in [4.69, 9.17) is 9.47 Å². The van der Waals surface area contributed by atoms with Gasteiger partial charge in [-0.3, -0.25) is 4.79 Å². The SMILES string of the molecule is CC(C)Oc1ccc(C(CC2COC2)C(=O)O)cc1. The number of ether oxygens (including phenoxy) is 2. The van der Waals surface area contributed by atoms with Gasteiger partial charge in [0.15, 0.2) is 0 Å². The summed E-state index contributed by atoms with van der Waals surface area (Å²) in [5.74, 6) is -0.0889. The fraction of sp³-hybridized carbons (Fsp3) is 0.533. The molecule has 1 N–H and O–H groups in total. The largest absolute Gasteiger partial charge is 0.491 e. The van der Waals surface area contributed by atoms with E-state index in [-0.39, 0.29) is 6.10 Å². The minimum atomic E-state index is -0.774. The lowest BCUT2D eigenvalue weighted by Gasteiger charge is -2.28. The highest BCUT2D eigenvalue weighted by atomic mass is 16.5. The lowest BCUT2D eigenvalue weighted by molar-refractivity contribution is -0.140. The average Bonchev–Trinajstić information content (AvgIpc) is 2.28. The highest BCUT2D eigenvalue weighted by molar-refractivity contribution is 5.76. The Balaban J connectivity index is 2.05. The Bertz CT molecular complexity index is 420. The highest BCUT2D eigenvalue weighted by Crippen LogP contribution is 2.29. The molecule has 1 atom stereocenters. The number of hydrogen-bond donors (Lipinski definition) is 1. The molecular formula is C15H20O4. The number of carboxylic acids is 1. The van der Waals surface area contributed by atoms with Crippen LogP contribution >= 0.6 is 0 Å². The Morgan fingerprint density at radius 1 is 1.37 bits per heavy atom. The van der Waals surface area contributed by atoms with Crippen LogP contribution in [-0.4, -0.2) is 30.4 Å². The van der Waals surface area contributed by atoms with Gasteiger partial charge < -0.3 is 14.6 Å². The maximum atomic E-state index is 11.4. The van der Waals surface area contributed by atoms with E-state index >= 15 is 0 Å². The summed E-state index contributed by atoms with van der Waals surface area (Å²) in [7, 11) is 0. The molecule has 0 saturated carbocycles. The third kappa shape index (κ3) is 3.70. The van der Waals surface area contributed by atoms with E-state index in [0.717, 1.165) is 11.3 Å². The molecule has 0 aromatic heterocycles. The first-order chi connectivity index (χ1) is 9.06. The number of carboxylic acid groups (broad SMARTS) is 1. The Labute approximate surface area is 113 Å². The molecule has 0 spiro atoms. The predicted octanol–water partition coefficient (Wildman–Crippen LogP) is 2.68. The van der Waals surface area contributed by atoms with Crippen LogP contribution in [0, 0.1) is 5.92 Å². The van der Waals surface area contributed by atoms with E-state index < -0.39 is 11.9 Å². The van der Waals surface area contributed by atoms with Crippen molar-refractivity contribution in [3.8, 4) is 5.75 Å². The fourth-order valence-electron chi connectivity index (χ4n) is 2.18. The van der Waals surface area contributed by atoms with Crippen LogP contribution in [0.25, 0.3) is 0 Å². The van der Waals surface area contributed by atoms with Crippen LogP contribution in [0.4, 0.5) is 0 Å². The molecule has 1 fully saturated rings. The summed E-state index contributed by atoms with van der Waals surface area (Å²) in [6.45, 7) is 5.28. The maximum absolute atomic E-state index is 11.4. The molecule has 0 radical (unpaired) electrons. The molecule has 1 aliphatic heterocycles. The van der Waals surface area contributed by atoms with Crippen molar-refractivity contribution in [3.63, 3.8) is 0 Å². The summed E-state index contributed by atoms with van der Waals surface area (Å²) in [5.41, 5.74) is 0.829. The van der Waals surface area contributed by atoms with Crippen molar-refractivity contribution >= 4 is 5.97 Å². The first-order valence-corrected chi connectivity index (χ1v) is 6.63. The Hall–Kier alpha value is -1.55. The number of carbonyl (C=O) groups is 1. The van der Waals surface area contributed by atoms with Gasteiger partial charge in [-0.25, -0.2) is 0 Å². The average molecular weight is 264 g/mol. The third-order valence-corrected chi connectivity index (χ3v) is 3.23. The molecule has 1 aliphatic rings. The second-order valence-electron chi connectivity index (χ2n) is 5.27. The van der Waals surface area contributed by atoms with E-state index in [2.05, 4.69) is 0 Å². The van der Waals surface area contributed by atoms with Gasteiger partial charge in [-0.1, -0.05) is 12.1 Å². The van der Waals surface area contributed by atoms with Crippen LogP contribution in [0.5, 0.6) is 5.75 Å². The monoisotopic (exact) mass is 264 g/mol. The topological polar surface area (TPSA) is 55.8 Å². The van der Waals surface area contributed by atoms with Gasteiger partial charge in [-0.05, 0) is 38.0 Å². The van der Waals surface area contributed by atoms with Gasteiger partial charge in [0.05, 0.1) is 25.2 Å². The van der Waals surface area contributed by atoms with Crippen molar-refractivity contribution in [3.05, 3.63) is 29.8 Å². The first kappa shape index (κ1) is 13.9. The normalized spacial score (nSPS) is 17.0. The van der Waals surface area contributed by atoms with E-state index in [1.165, 1.54) is 0 Å². The molecule has 0 amide bonds. The van der Waals surface area contributed by atoms with Crippen molar-refractivity contribution < 1.29 is 19.4 Å². The third-order valence-electron chi connectivity index (χ3n) is 3.23. The molecule has 4 heteroatoms. The van der Waals surface area contributed by atoms with E-state index in [9.17, 15) is 9.90 Å². The molecule has 4 nitrogen and oxygen atoms in total. The minimum Gasteiger partial charge on any atom is -0.491 e. The van der Waals surface area contributed by atoms with Gasteiger partial charge in [0.2, 0.25) is 0 Å². The van der Waals surface area contributed by atoms with Gasteiger partial charge in [-0.15, -0.1) is 0 Å². The zero-order valence-electron chi connectivity index (χ0n) is 11.3. The van der Waals surface area contributed by atoms with Crippen LogP contribution in [-0.2, 0) is 9.53 Å². The van der Waals surface area contributed by atoms with Gasteiger partial charge >= 0.3 is 5.97 Å². The van der Waals surface area contributed by atoms with Crippen molar-refractivity contribution in [2.75, 3.05) is 13.2 Å². The van der Waals surface area contributed by atoms with Gasteiger partial charge in [-0.2, -0.15) is 0 Å². The first-order valence-electron chi connectivity index (χ1n) is 6.63. The van der Waals surface area contributed by atoms with Crippen molar-refractivity contribution in [1.82, 2.24) is 0 Å². The summed E-state index contributed by atoms with van der Waals surface area (Å²) in [5, 5.41) is 9.34. The van der Waals surface area contributed by atoms with Gasteiger partial charge in [0.25, 0.3) is 0 Å². The molecule has 0 aliphatic carbocycles. The number of hydrogen-bond acceptors (Lipinski definition) is 3. The molecule has 1 aromatic rings. The maximum Gasteiger partial charge on any atom is 0.310 e. The lowest BCUT2D eigenvalue weighted by Crippen LogP contribution is -2.30. The van der Waals surface area contributed by atoms with Crippen LogP contribution in [0.15, 0.2) is 24.3 Å². The summed E-state index contributed by atoms with van der Waals surface area (Å²) in [4.78, 5) is 11.4. The Kier molecular flexibility index (Phi) is 4.43. The van der Waals surface area contributed by atoms with Crippen molar-refractivity contribution in [2.24, 2.45) is 5.92 Å². The van der Waals surface area contributed by atoms with E-state index in [0.29, 0.717) is 25.6 Å². The summed E-state index contributed by atoms with van der Waals surface area (Å²) < 4.78 is 10.7. The summed E-state index contributed by atoms with van der Waals surface area (Å²) in [6.07, 6.45) is 0.757. The second kappa shape index (κ2) is 6.06. The molecule has 104 valence electrons. The van der Waals surface area contributed by atoms with Crippen LogP contribution < -0.4 is 4.74 Å². The molecule has 19 heavy (non-hydrogen) atoms. The standard InChI is InChI=1S/C15H20O4/c1-10(2)19-13-5-3-12(4-6-13)14(15(16)17)7-11-8-18-9-11/h3-6,10-11,14H,7-9H2,1-2H3,(H,16,17). The quantitative estimate of drug-likeness (QED) is 0.858. The predicted molar refractivity (Wildman–Crippen MR) is 71.5 cm³/mol. The van der Waals surface area contributed by atoms with Crippen LogP contribution in [0.3, 0.4) is 0 Å². The Morgan fingerprint density at radius 3 is 2.42 bits per heavy atom.